The first-order chi connectivity index (χ1) is 22.9. The third-order valence-corrected chi connectivity index (χ3v) is 10.7. The highest BCUT2D eigenvalue weighted by Gasteiger charge is 2.35. The van der Waals surface area contributed by atoms with Crippen molar-refractivity contribution < 1.29 is 22.7 Å². The standard InChI is InChI=1S/C36H39Cl2N3O5S2/c1-5-46-34-14-10-9-13-32(34)41(48(44,45)29-18-16-28(47-4)17-19-29)24-35(42)40(23-27-15-20-30(37)31(38)21-27)33(36(43)39-25(2)3)22-26-11-7-6-8-12-26/h6-21,25,33H,5,22-24H2,1-4H3,(H,39,43)/t33-/m1/s1. The maximum absolute atomic E-state index is 14.7. The van der Waals surface area contributed by atoms with Gasteiger partial charge in [0.05, 0.1) is 27.2 Å². The van der Waals surface area contributed by atoms with Crippen molar-refractivity contribution in [3.63, 3.8) is 0 Å². The molecule has 1 N–H and O–H groups in total. The van der Waals surface area contributed by atoms with Crippen LogP contribution in [0.1, 0.15) is 31.9 Å². The maximum atomic E-state index is 14.7. The maximum Gasteiger partial charge on any atom is 0.264 e. The first-order valence-electron chi connectivity index (χ1n) is 15.4. The fraction of sp³-hybridized carbons (Fsp3) is 0.278. The molecule has 48 heavy (non-hydrogen) atoms. The van der Waals surface area contributed by atoms with Crippen molar-refractivity contribution in [3.8, 4) is 5.75 Å². The molecule has 0 spiro atoms. The van der Waals surface area contributed by atoms with Crippen molar-refractivity contribution in [3.05, 3.63) is 118 Å². The largest absolute Gasteiger partial charge is 0.492 e. The summed E-state index contributed by atoms with van der Waals surface area (Å²) in [5, 5.41) is 3.58. The molecule has 1 atom stereocenters. The Morgan fingerprint density at radius 2 is 1.54 bits per heavy atom. The number of anilines is 1. The highest BCUT2D eigenvalue weighted by atomic mass is 35.5. The van der Waals surface area contributed by atoms with Gasteiger partial charge in [-0.1, -0.05) is 71.7 Å². The highest BCUT2D eigenvalue weighted by Crippen LogP contribution is 2.34. The molecule has 254 valence electrons. The molecule has 0 saturated heterocycles. The van der Waals surface area contributed by atoms with Crippen LogP contribution in [0.4, 0.5) is 5.69 Å². The van der Waals surface area contributed by atoms with Crippen LogP contribution >= 0.6 is 35.0 Å². The van der Waals surface area contributed by atoms with Crippen LogP contribution in [0.25, 0.3) is 0 Å². The lowest BCUT2D eigenvalue weighted by atomic mass is 10.0. The van der Waals surface area contributed by atoms with E-state index in [9.17, 15) is 18.0 Å². The van der Waals surface area contributed by atoms with E-state index in [4.69, 9.17) is 27.9 Å². The van der Waals surface area contributed by atoms with Gasteiger partial charge in [0.15, 0.2) is 0 Å². The van der Waals surface area contributed by atoms with E-state index < -0.39 is 28.5 Å². The van der Waals surface area contributed by atoms with Gasteiger partial charge in [0, 0.05) is 23.9 Å². The minimum Gasteiger partial charge on any atom is -0.492 e. The van der Waals surface area contributed by atoms with Gasteiger partial charge in [-0.25, -0.2) is 8.42 Å². The Balaban J connectivity index is 1.85. The topological polar surface area (TPSA) is 96.0 Å². The van der Waals surface area contributed by atoms with Crippen molar-refractivity contribution >= 4 is 62.5 Å². The van der Waals surface area contributed by atoms with Gasteiger partial charge in [0.1, 0.15) is 18.3 Å². The van der Waals surface area contributed by atoms with Crippen LogP contribution in [0.2, 0.25) is 10.0 Å². The quantitative estimate of drug-likeness (QED) is 0.128. The average molecular weight is 729 g/mol. The lowest BCUT2D eigenvalue weighted by molar-refractivity contribution is -0.140. The molecule has 4 aromatic rings. The molecule has 2 amide bonds. The Labute approximate surface area is 297 Å². The Bertz CT molecular complexity index is 1810. The number of nitrogens with zero attached hydrogens (tertiary/aromatic N) is 2. The number of nitrogens with one attached hydrogen (secondary N) is 1. The molecule has 0 aromatic heterocycles. The number of amides is 2. The molecule has 8 nitrogen and oxygen atoms in total. The minimum absolute atomic E-state index is 0.00817. The van der Waals surface area contributed by atoms with Gasteiger partial charge in [-0.15, -0.1) is 11.8 Å². The van der Waals surface area contributed by atoms with Crippen molar-refractivity contribution in [2.45, 2.75) is 55.6 Å². The zero-order chi connectivity index (χ0) is 34.8. The van der Waals surface area contributed by atoms with Crippen LogP contribution in [0.3, 0.4) is 0 Å². The summed E-state index contributed by atoms with van der Waals surface area (Å²) in [6.45, 7) is 5.09. The summed E-state index contributed by atoms with van der Waals surface area (Å²) in [6, 6.07) is 26.3. The molecule has 0 aliphatic heterocycles. The summed E-state index contributed by atoms with van der Waals surface area (Å²) >= 11 is 14.0. The van der Waals surface area contributed by atoms with Crippen LogP contribution in [-0.2, 0) is 32.6 Å². The highest BCUT2D eigenvalue weighted by molar-refractivity contribution is 7.98. The zero-order valence-corrected chi connectivity index (χ0v) is 30.4. The molecule has 0 aliphatic carbocycles. The number of para-hydroxylation sites is 2. The van der Waals surface area contributed by atoms with E-state index in [1.54, 1.807) is 61.5 Å². The van der Waals surface area contributed by atoms with E-state index in [0.29, 0.717) is 16.3 Å². The average Bonchev–Trinajstić information content (AvgIpc) is 3.07. The van der Waals surface area contributed by atoms with Gasteiger partial charge in [-0.2, -0.15) is 0 Å². The van der Waals surface area contributed by atoms with E-state index in [1.807, 2.05) is 50.4 Å². The fourth-order valence-electron chi connectivity index (χ4n) is 5.10. The second kappa shape index (κ2) is 17.1. The number of carbonyl (C=O) groups excluding carboxylic acids is 2. The van der Waals surface area contributed by atoms with Crippen molar-refractivity contribution in [2.75, 3.05) is 23.7 Å². The summed E-state index contributed by atoms with van der Waals surface area (Å²) in [4.78, 5) is 30.9. The number of benzene rings is 4. The van der Waals surface area contributed by atoms with E-state index in [2.05, 4.69) is 5.32 Å². The predicted molar refractivity (Wildman–Crippen MR) is 195 cm³/mol. The van der Waals surface area contributed by atoms with Crippen LogP contribution in [0.5, 0.6) is 5.75 Å². The van der Waals surface area contributed by atoms with Crippen molar-refractivity contribution in [1.29, 1.82) is 0 Å². The molecule has 4 aromatic carbocycles. The van der Waals surface area contributed by atoms with Gasteiger partial charge >= 0.3 is 0 Å². The molecule has 4 rings (SSSR count). The molecule has 0 radical (unpaired) electrons. The number of hydrogen-bond acceptors (Lipinski definition) is 6. The molecule has 12 heteroatoms. The summed E-state index contributed by atoms with van der Waals surface area (Å²) in [6.07, 6.45) is 2.08. The third-order valence-electron chi connectivity index (χ3n) is 7.40. The smallest absolute Gasteiger partial charge is 0.264 e. The fourth-order valence-corrected chi connectivity index (χ4v) is 7.25. The second-order valence-electron chi connectivity index (χ2n) is 11.2. The van der Waals surface area contributed by atoms with E-state index in [0.717, 1.165) is 14.8 Å². The van der Waals surface area contributed by atoms with Crippen LogP contribution < -0.4 is 14.4 Å². The molecular formula is C36H39Cl2N3O5S2. The monoisotopic (exact) mass is 727 g/mol. The van der Waals surface area contributed by atoms with Gasteiger partial charge in [-0.3, -0.25) is 13.9 Å². The molecule has 0 saturated carbocycles. The predicted octanol–water partition coefficient (Wildman–Crippen LogP) is 7.47. The van der Waals surface area contributed by atoms with Gasteiger partial charge in [0.2, 0.25) is 11.8 Å². The SMILES string of the molecule is CCOc1ccccc1N(CC(=O)N(Cc1ccc(Cl)c(Cl)c1)[C@H](Cc1ccccc1)C(=O)NC(C)C)S(=O)(=O)c1ccc(SC)cc1. The summed E-state index contributed by atoms with van der Waals surface area (Å²) in [5.41, 5.74) is 1.64. The van der Waals surface area contributed by atoms with Crippen molar-refractivity contribution in [2.24, 2.45) is 0 Å². The zero-order valence-electron chi connectivity index (χ0n) is 27.2. The minimum atomic E-state index is -4.30. The number of carbonyl (C=O) groups is 2. The lowest BCUT2D eigenvalue weighted by Gasteiger charge is -2.34. The van der Waals surface area contributed by atoms with Gasteiger partial charge in [0.25, 0.3) is 10.0 Å². The normalized spacial score (nSPS) is 12.0. The summed E-state index contributed by atoms with van der Waals surface area (Å²) in [5.74, 6) is -0.679. The summed E-state index contributed by atoms with van der Waals surface area (Å²) in [7, 11) is -4.30. The Hall–Kier alpha value is -3.70. The van der Waals surface area contributed by atoms with Crippen molar-refractivity contribution in [1.82, 2.24) is 10.2 Å². The van der Waals surface area contributed by atoms with E-state index in [-0.39, 0.29) is 47.1 Å². The molecule has 0 fully saturated rings. The number of ether oxygens (including phenoxy) is 1. The van der Waals surface area contributed by atoms with E-state index >= 15 is 0 Å². The van der Waals surface area contributed by atoms with E-state index in [1.165, 1.54) is 28.8 Å². The number of hydrogen-bond donors (Lipinski definition) is 1. The van der Waals surface area contributed by atoms with Crippen LogP contribution in [0.15, 0.2) is 107 Å². The summed E-state index contributed by atoms with van der Waals surface area (Å²) < 4.78 is 35.7. The second-order valence-corrected chi connectivity index (χ2v) is 14.8. The Kier molecular flexibility index (Phi) is 13.2. The Morgan fingerprint density at radius 1 is 0.875 bits per heavy atom. The first-order valence-corrected chi connectivity index (χ1v) is 18.8. The molecule has 0 aliphatic rings. The molecule has 0 heterocycles. The number of rotatable bonds is 15. The van der Waals surface area contributed by atoms with Crippen LogP contribution in [0, 0.1) is 0 Å². The first kappa shape index (κ1) is 37.1. The number of halogens is 2. The third kappa shape index (κ3) is 9.47. The lowest BCUT2D eigenvalue weighted by Crippen LogP contribution is -2.54. The Morgan fingerprint density at radius 3 is 2.17 bits per heavy atom. The van der Waals surface area contributed by atoms with Crippen LogP contribution in [-0.4, -0.2) is 56.6 Å². The molecular weight excluding hydrogens is 689 g/mol. The number of thioether (sulfide) groups is 1. The number of sulfonamides is 1. The van der Waals surface area contributed by atoms with Gasteiger partial charge < -0.3 is 15.0 Å². The van der Waals surface area contributed by atoms with Gasteiger partial charge in [-0.05, 0) is 86.7 Å². The molecule has 0 unspecified atom stereocenters. The molecule has 0 bridgehead atoms.